The number of amides is 1. The lowest BCUT2D eigenvalue weighted by molar-refractivity contribution is 0.0946. The van der Waals surface area contributed by atoms with Crippen LogP contribution < -0.4 is 5.32 Å². The largest absolute Gasteiger partial charge is 0.358 e. The van der Waals surface area contributed by atoms with Crippen molar-refractivity contribution >= 4 is 5.91 Å². The summed E-state index contributed by atoms with van der Waals surface area (Å²) in [7, 11) is 0. The monoisotopic (exact) mass is 331 g/mol. The van der Waals surface area contributed by atoms with Gasteiger partial charge in [0, 0.05) is 41.7 Å². The predicted octanol–water partition coefficient (Wildman–Crippen LogP) is 3.98. The van der Waals surface area contributed by atoms with Crippen LogP contribution in [-0.4, -0.2) is 22.4 Å². The molecule has 1 aliphatic heterocycles. The molecule has 1 aliphatic rings. The van der Waals surface area contributed by atoms with Gasteiger partial charge in [-0.1, -0.05) is 37.6 Å². The molecule has 0 saturated carbocycles. The van der Waals surface area contributed by atoms with Crippen LogP contribution in [0, 0.1) is 0 Å². The van der Waals surface area contributed by atoms with Crippen molar-refractivity contribution in [2.75, 3.05) is 6.54 Å². The van der Waals surface area contributed by atoms with E-state index >= 15 is 0 Å². The van der Waals surface area contributed by atoms with Crippen LogP contribution in [-0.2, 0) is 12.8 Å². The Labute approximate surface area is 147 Å². The topological polar surface area (TPSA) is 57.8 Å². The fourth-order valence-electron chi connectivity index (χ4n) is 3.34. The number of hydrogen-bond donors (Lipinski definition) is 2. The molecule has 126 valence electrons. The minimum Gasteiger partial charge on any atom is -0.358 e. The van der Waals surface area contributed by atoms with Crippen LogP contribution in [0.15, 0.2) is 48.7 Å². The summed E-state index contributed by atoms with van der Waals surface area (Å²) >= 11 is 0. The van der Waals surface area contributed by atoms with E-state index in [1.165, 1.54) is 5.56 Å². The molecule has 0 bridgehead atoms. The molecule has 0 atom stereocenters. The molecule has 0 spiro atoms. The normalized spacial score (nSPS) is 13.4. The fraction of sp³-hybridized carbons (Fsp3) is 0.238. The Morgan fingerprint density at radius 3 is 2.68 bits per heavy atom. The Hall–Kier alpha value is -2.88. The molecular weight excluding hydrogens is 310 g/mol. The van der Waals surface area contributed by atoms with Crippen LogP contribution in [0.2, 0.25) is 0 Å². The van der Waals surface area contributed by atoms with Gasteiger partial charge in [-0.2, -0.15) is 0 Å². The van der Waals surface area contributed by atoms with Gasteiger partial charge in [0.25, 0.3) is 5.91 Å². The van der Waals surface area contributed by atoms with E-state index in [9.17, 15) is 4.79 Å². The van der Waals surface area contributed by atoms with Gasteiger partial charge in [-0.15, -0.1) is 0 Å². The Morgan fingerprint density at radius 2 is 1.92 bits per heavy atom. The van der Waals surface area contributed by atoms with Crippen LogP contribution in [0.5, 0.6) is 0 Å². The number of aryl methyl sites for hydroxylation is 1. The molecule has 0 fully saturated rings. The number of aromatic amines is 1. The number of nitrogens with one attached hydrogen (secondary N) is 2. The average Bonchev–Trinajstić information content (AvgIpc) is 3.09. The SMILES string of the molecule is CCCc1ccc(-c2cc(-c3cc4c([nH]3)CCNC4=O)ccn2)cc1. The molecule has 4 rings (SSSR count). The molecule has 2 aromatic heterocycles. The van der Waals surface area contributed by atoms with Crippen LogP contribution in [0.1, 0.15) is 35.0 Å². The minimum atomic E-state index is 0.00421. The van der Waals surface area contributed by atoms with Gasteiger partial charge in [-0.3, -0.25) is 9.78 Å². The lowest BCUT2D eigenvalue weighted by Crippen LogP contribution is -2.31. The van der Waals surface area contributed by atoms with Crippen LogP contribution in [0.3, 0.4) is 0 Å². The smallest absolute Gasteiger partial charge is 0.253 e. The zero-order valence-corrected chi connectivity index (χ0v) is 14.3. The van der Waals surface area contributed by atoms with Crippen LogP contribution in [0.4, 0.5) is 0 Å². The molecule has 1 aromatic carbocycles. The van der Waals surface area contributed by atoms with Crippen molar-refractivity contribution in [3.63, 3.8) is 0 Å². The molecule has 1 amide bonds. The lowest BCUT2D eigenvalue weighted by atomic mass is 10.0. The first-order chi connectivity index (χ1) is 12.2. The van der Waals surface area contributed by atoms with Gasteiger partial charge in [-0.25, -0.2) is 0 Å². The summed E-state index contributed by atoms with van der Waals surface area (Å²) < 4.78 is 0. The number of fused-ring (bicyclic) bond motifs is 1. The highest BCUT2D eigenvalue weighted by Crippen LogP contribution is 2.27. The summed E-state index contributed by atoms with van der Waals surface area (Å²) in [5.74, 6) is 0.00421. The zero-order valence-electron chi connectivity index (χ0n) is 14.3. The van der Waals surface area contributed by atoms with Gasteiger partial charge < -0.3 is 10.3 Å². The van der Waals surface area contributed by atoms with Crippen LogP contribution in [0.25, 0.3) is 22.5 Å². The Balaban J connectivity index is 1.66. The van der Waals surface area contributed by atoms with Crippen LogP contribution >= 0.6 is 0 Å². The second-order valence-electron chi connectivity index (χ2n) is 6.46. The summed E-state index contributed by atoms with van der Waals surface area (Å²) in [5.41, 5.74) is 7.18. The highest BCUT2D eigenvalue weighted by molar-refractivity contribution is 5.97. The standard InChI is InChI=1S/C21H21N3O/c1-2-3-14-4-6-15(7-5-14)19-12-16(8-10-22-19)20-13-17-18(24-20)9-11-23-21(17)25/h4-8,10,12-13,24H,2-3,9,11H2,1H3,(H,23,25). The summed E-state index contributed by atoms with van der Waals surface area (Å²) in [6.45, 7) is 2.88. The second kappa shape index (κ2) is 6.55. The van der Waals surface area contributed by atoms with E-state index in [2.05, 4.69) is 52.5 Å². The molecule has 2 N–H and O–H groups in total. The van der Waals surface area contributed by atoms with Gasteiger partial charge in [0.2, 0.25) is 0 Å². The molecule has 0 unspecified atom stereocenters. The van der Waals surface area contributed by atoms with E-state index in [4.69, 9.17) is 0 Å². The number of H-pyrrole nitrogens is 1. The molecule has 0 radical (unpaired) electrons. The number of nitrogens with zero attached hydrogens (tertiary/aromatic N) is 1. The average molecular weight is 331 g/mol. The Morgan fingerprint density at radius 1 is 1.08 bits per heavy atom. The van der Waals surface area contributed by atoms with Crippen molar-refractivity contribution in [1.82, 2.24) is 15.3 Å². The molecule has 4 nitrogen and oxygen atoms in total. The van der Waals surface area contributed by atoms with Gasteiger partial charge in [0.1, 0.15) is 0 Å². The molecule has 0 saturated heterocycles. The predicted molar refractivity (Wildman–Crippen MR) is 99.5 cm³/mol. The molecule has 4 heteroatoms. The van der Waals surface area contributed by atoms with E-state index in [0.717, 1.165) is 53.0 Å². The third-order valence-corrected chi connectivity index (χ3v) is 4.66. The number of pyridine rings is 1. The van der Waals surface area contributed by atoms with E-state index < -0.39 is 0 Å². The number of carbonyl (C=O) groups excluding carboxylic acids is 1. The molecular formula is C21H21N3O. The first kappa shape index (κ1) is 15.6. The quantitative estimate of drug-likeness (QED) is 0.759. The van der Waals surface area contributed by atoms with Gasteiger partial charge in [0.15, 0.2) is 0 Å². The lowest BCUT2D eigenvalue weighted by Gasteiger charge is -2.11. The van der Waals surface area contributed by atoms with E-state index in [0.29, 0.717) is 6.54 Å². The van der Waals surface area contributed by atoms with E-state index in [-0.39, 0.29) is 5.91 Å². The van der Waals surface area contributed by atoms with Gasteiger partial charge >= 0.3 is 0 Å². The van der Waals surface area contributed by atoms with Crippen molar-refractivity contribution in [3.8, 4) is 22.5 Å². The highest BCUT2D eigenvalue weighted by atomic mass is 16.1. The van der Waals surface area contributed by atoms with Crippen molar-refractivity contribution in [2.24, 2.45) is 0 Å². The second-order valence-corrected chi connectivity index (χ2v) is 6.46. The van der Waals surface area contributed by atoms with E-state index in [1.54, 1.807) is 0 Å². The zero-order chi connectivity index (χ0) is 17.2. The number of aromatic nitrogens is 2. The molecule has 3 aromatic rings. The maximum Gasteiger partial charge on any atom is 0.253 e. The fourth-order valence-corrected chi connectivity index (χ4v) is 3.34. The van der Waals surface area contributed by atoms with Crippen molar-refractivity contribution in [3.05, 3.63) is 65.5 Å². The van der Waals surface area contributed by atoms with Crippen molar-refractivity contribution < 1.29 is 4.79 Å². The first-order valence-electron chi connectivity index (χ1n) is 8.80. The molecule has 25 heavy (non-hydrogen) atoms. The Kier molecular flexibility index (Phi) is 4.10. The minimum absolute atomic E-state index is 0.00421. The van der Waals surface area contributed by atoms with Crippen molar-refractivity contribution in [2.45, 2.75) is 26.2 Å². The maximum absolute atomic E-state index is 12.0. The Bertz CT molecular complexity index is 909. The summed E-state index contributed by atoms with van der Waals surface area (Å²) in [5, 5.41) is 2.88. The highest BCUT2D eigenvalue weighted by Gasteiger charge is 2.20. The maximum atomic E-state index is 12.0. The van der Waals surface area contributed by atoms with Gasteiger partial charge in [0.05, 0.1) is 11.3 Å². The molecule has 3 heterocycles. The number of rotatable bonds is 4. The summed E-state index contributed by atoms with van der Waals surface area (Å²) in [6, 6.07) is 14.6. The molecule has 0 aliphatic carbocycles. The third-order valence-electron chi connectivity index (χ3n) is 4.66. The third kappa shape index (κ3) is 3.07. The van der Waals surface area contributed by atoms with Crippen molar-refractivity contribution in [1.29, 1.82) is 0 Å². The summed E-state index contributed by atoms with van der Waals surface area (Å²) in [6.07, 6.45) is 4.92. The summed E-state index contributed by atoms with van der Waals surface area (Å²) in [4.78, 5) is 19.9. The number of benzene rings is 1. The van der Waals surface area contributed by atoms with Gasteiger partial charge in [-0.05, 0) is 30.2 Å². The number of hydrogen-bond acceptors (Lipinski definition) is 2. The van der Waals surface area contributed by atoms with E-state index in [1.807, 2.05) is 18.3 Å². The first-order valence-corrected chi connectivity index (χ1v) is 8.80. The number of carbonyl (C=O) groups is 1.